The second-order valence-electron chi connectivity index (χ2n) is 5.73. The molecule has 25 heavy (non-hydrogen) atoms. The molecule has 0 atom stereocenters. The van der Waals surface area contributed by atoms with Gasteiger partial charge in [-0.25, -0.2) is 8.42 Å². The van der Waals surface area contributed by atoms with Gasteiger partial charge in [0.2, 0.25) is 15.9 Å². The number of aryl methyl sites for hydroxylation is 2. The topological polar surface area (TPSA) is 66.5 Å². The molecule has 0 heterocycles. The molecule has 1 amide bonds. The molecular formula is C18H21ClN2O3S. The molecule has 0 aliphatic carbocycles. The van der Waals surface area contributed by atoms with E-state index in [0.717, 1.165) is 15.4 Å². The Hall–Kier alpha value is -1.89. The molecule has 0 spiro atoms. The molecule has 2 rings (SSSR count). The first-order chi connectivity index (χ1) is 11.7. The summed E-state index contributed by atoms with van der Waals surface area (Å²) in [5.74, 6) is -0.386. The van der Waals surface area contributed by atoms with E-state index in [2.05, 4.69) is 5.32 Å². The van der Waals surface area contributed by atoms with Gasteiger partial charge in [0, 0.05) is 17.3 Å². The first kappa shape index (κ1) is 19.4. The van der Waals surface area contributed by atoms with Crippen LogP contribution in [0.1, 0.15) is 18.1 Å². The highest BCUT2D eigenvalue weighted by molar-refractivity contribution is 7.89. The van der Waals surface area contributed by atoms with Crippen LogP contribution >= 0.6 is 11.6 Å². The highest BCUT2D eigenvalue weighted by Gasteiger charge is 2.25. The van der Waals surface area contributed by atoms with Crippen molar-refractivity contribution in [3.05, 3.63) is 58.6 Å². The summed E-state index contributed by atoms with van der Waals surface area (Å²) >= 11 is 5.80. The molecule has 134 valence electrons. The van der Waals surface area contributed by atoms with Gasteiger partial charge >= 0.3 is 0 Å². The number of nitrogens with zero attached hydrogens (tertiary/aromatic N) is 1. The molecule has 0 unspecified atom stereocenters. The third kappa shape index (κ3) is 4.81. The standard InChI is InChI=1S/C18H21ClN2O3S/c1-4-21(25(23,24)17-9-6-15(19)7-10-17)12-18(22)20-16-8-5-13(2)14(3)11-16/h5-11H,4,12H2,1-3H3,(H,20,22). The van der Waals surface area contributed by atoms with Crippen LogP contribution < -0.4 is 5.32 Å². The second kappa shape index (κ2) is 7.99. The lowest BCUT2D eigenvalue weighted by Crippen LogP contribution is -2.37. The Morgan fingerprint density at radius 1 is 1.08 bits per heavy atom. The van der Waals surface area contributed by atoms with Crippen molar-refractivity contribution in [1.29, 1.82) is 0 Å². The number of carbonyl (C=O) groups excluding carboxylic acids is 1. The third-order valence-electron chi connectivity index (χ3n) is 3.91. The largest absolute Gasteiger partial charge is 0.325 e. The fourth-order valence-electron chi connectivity index (χ4n) is 2.30. The van der Waals surface area contributed by atoms with E-state index in [9.17, 15) is 13.2 Å². The summed E-state index contributed by atoms with van der Waals surface area (Å²) in [7, 11) is -3.76. The minimum atomic E-state index is -3.76. The number of benzene rings is 2. The summed E-state index contributed by atoms with van der Waals surface area (Å²) in [5, 5.41) is 3.19. The molecule has 0 aliphatic heterocycles. The normalized spacial score (nSPS) is 11.6. The Labute approximate surface area is 153 Å². The SMILES string of the molecule is CCN(CC(=O)Nc1ccc(C)c(C)c1)S(=O)(=O)c1ccc(Cl)cc1. The molecule has 2 aromatic carbocycles. The summed E-state index contributed by atoms with van der Waals surface area (Å²) in [6.07, 6.45) is 0. The Kier molecular flexibility index (Phi) is 6.21. The fourth-order valence-corrected chi connectivity index (χ4v) is 3.83. The van der Waals surface area contributed by atoms with Gasteiger partial charge in [-0.3, -0.25) is 4.79 Å². The lowest BCUT2D eigenvalue weighted by molar-refractivity contribution is -0.116. The molecule has 0 radical (unpaired) electrons. The lowest BCUT2D eigenvalue weighted by atomic mass is 10.1. The van der Waals surface area contributed by atoms with Crippen molar-refractivity contribution < 1.29 is 13.2 Å². The molecular weight excluding hydrogens is 360 g/mol. The molecule has 0 saturated carbocycles. The number of hydrogen-bond donors (Lipinski definition) is 1. The van der Waals surface area contributed by atoms with E-state index in [1.807, 2.05) is 26.0 Å². The maximum absolute atomic E-state index is 12.7. The quantitative estimate of drug-likeness (QED) is 0.832. The first-order valence-electron chi connectivity index (χ1n) is 7.87. The van der Waals surface area contributed by atoms with Crippen molar-refractivity contribution in [2.45, 2.75) is 25.7 Å². The van der Waals surface area contributed by atoms with E-state index in [4.69, 9.17) is 11.6 Å². The maximum atomic E-state index is 12.7. The maximum Gasteiger partial charge on any atom is 0.243 e. The Morgan fingerprint density at radius 2 is 1.72 bits per heavy atom. The molecule has 7 heteroatoms. The highest BCUT2D eigenvalue weighted by atomic mass is 35.5. The van der Waals surface area contributed by atoms with E-state index in [-0.39, 0.29) is 23.9 Å². The number of carbonyl (C=O) groups is 1. The zero-order valence-corrected chi connectivity index (χ0v) is 16.0. The van der Waals surface area contributed by atoms with Crippen molar-refractivity contribution in [3.63, 3.8) is 0 Å². The molecule has 0 aliphatic rings. The van der Waals surface area contributed by atoms with Gasteiger partial charge < -0.3 is 5.32 Å². The van der Waals surface area contributed by atoms with Crippen LogP contribution in [0.2, 0.25) is 5.02 Å². The predicted molar refractivity (Wildman–Crippen MR) is 100 cm³/mol. The monoisotopic (exact) mass is 380 g/mol. The van der Waals surface area contributed by atoms with E-state index >= 15 is 0 Å². The van der Waals surface area contributed by atoms with Crippen LogP contribution in [0.15, 0.2) is 47.4 Å². The van der Waals surface area contributed by atoms with E-state index in [0.29, 0.717) is 10.7 Å². The smallest absolute Gasteiger partial charge is 0.243 e. The Balaban J connectivity index is 2.13. The molecule has 0 saturated heterocycles. The van der Waals surface area contributed by atoms with Crippen molar-refractivity contribution in [2.24, 2.45) is 0 Å². The summed E-state index contributed by atoms with van der Waals surface area (Å²) in [5.41, 5.74) is 2.82. The molecule has 0 fully saturated rings. The number of rotatable bonds is 6. The second-order valence-corrected chi connectivity index (χ2v) is 8.11. The van der Waals surface area contributed by atoms with Gasteiger partial charge in [-0.1, -0.05) is 24.6 Å². The summed E-state index contributed by atoms with van der Waals surface area (Å²) in [6, 6.07) is 11.5. The summed E-state index contributed by atoms with van der Waals surface area (Å²) in [4.78, 5) is 12.4. The zero-order valence-electron chi connectivity index (χ0n) is 14.4. The number of likely N-dealkylation sites (N-methyl/N-ethyl adjacent to an activating group) is 1. The molecule has 0 aromatic heterocycles. The van der Waals surface area contributed by atoms with Crippen molar-refractivity contribution in [1.82, 2.24) is 4.31 Å². The number of hydrogen-bond acceptors (Lipinski definition) is 3. The Morgan fingerprint density at radius 3 is 2.28 bits per heavy atom. The van der Waals surface area contributed by atoms with Gasteiger partial charge in [-0.05, 0) is 61.4 Å². The first-order valence-corrected chi connectivity index (χ1v) is 9.68. The molecule has 2 aromatic rings. The average molecular weight is 381 g/mol. The highest BCUT2D eigenvalue weighted by Crippen LogP contribution is 2.19. The van der Waals surface area contributed by atoms with Crippen molar-refractivity contribution in [3.8, 4) is 0 Å². The summed E-state index contributed by atoms with van der Waals surface area (Å²) in [6.45, 7) is 5.56. The van der Waals surface area contributed by atoms with Gasteiger partial charge in [0.15, 0.2) is 0 Å². The number of nitrogens with one attached hydrogen (secondary N) is 1. The van der Waals surface area contributed by atoms with E-state index in [1.165, 1.54) is 24.3 Å². The van der Waals surface area contributed by atoms with Gasteiger partial charge in [0.1, 0.15) is 0 Å². The lowest BCUT2D eigenvalue weighted by Gasteiger charge is -2.20. The average Bonchev–Trinajstić information content (AvgIpc) is 2.56. The fraction of sp³-hybridized carbons (Fsp3) is 0.278. The van der Waals surface area contributed by atoms with Gasteiger partial charge in [-0.15, -0.1) is 0 Å². The zero-order chi connectivity index (χ0) is 18.6. The van der Waals surface area contributed by atoms with Crippen LogP contribution in [0, 0.1) is 13.8 Å². The van der Waals surface area contributed by atoms with Crippen LogP contribution in [0.5, 0.6) is 0 Å². The van der Waals surface area contributed by atoms with Gasteiger partial charge in [0.25, 0.3) is 0 Å². The number of sulfonamides is 1. The minimum absolute atomic E-state index is 0.109. The molecule has 0 bridgehead atoms. The van der Waals surface area contributed by atoms with Crippen LogP contribution in [-0.2, 0) is 14.8 Å². The Bertz CT molecular complexity index is 864. The summed E-state index contributed by atoms with van der Waals surface area (Å²) < 4.78 is 26.5. The van der Waals surface area contributed by atoms with Crippen molar-refractivity contribution in [2.75, 3.05) is 18.4 Å². The third-order valence-corrected chi connectivity index (χ3v) is 6.10. The van der Waals surface area contributed by atoms with Gasteiger partial charge in [-0.2, -0.15) is 4.31 Å². The number of halogens is 1. The van der Waals surface area contributed by atoms with E-state index < -0.39 is 10.0 Å². The predicted octanol–water partition coefficient (Wildman–Crippen LogP) is 3.61. The van der Waals surface area contributed by atoms with Crippen LogP contribution in [0.4, 0.5) is 5.69 Å². The number of anilines is 1. The van der Waals surface area contributed by atoms with Crippen molar-refractivity contribution >= 4 is 33.2 Å². The van der Waals surface area contributed by atoms with Crippen LogP contribution in [0.3, 0.4) is 0 Å². The van der Waals surface area contributed by atoms with Crippen LogP contribution in [-0.4, -0.2) is 31.7 Å². The van der Waals surface area contributed by atoms with Crippen LogP contribution in [0.25, 0.3) is 0 Å². The number of amides is 1. The molecule has 5 nitrogen and oxygen atoms in total. The molecule has 1 N–H and O–H groups in total. The minimum Gasteiger partial charge on any atom is -0.325 e. The van der Waals surface area contributed by atoms with E-state index in [1.54, 1.807) is 13.0 Å². The van der Waals surface area contributed by atoms with Gasteiger partial charge in [0.05, 0.1) is 11.4 Å².